The Morgan fingerprint density at radius 2 is 1.72 bits per heavy atom. The first-order chi connectivity index (χ1) is 8.14. The van der Waals surface area contributed by atoms with Crippen molar-refractivity contribution in [3.8, 4) is 0 Å². The molecule has 2 amide bonds. The number of likely N-dealkylation sites (tertiary alicyclic amines) is 1. The van der Waals surface area contributed by atoms with Gasteiger partial charge < -0.3 is 5.11 Å². The summed E-state index contributed by atoms with van der Waals surface area (Å²) in [5.41, 5.74) is -0.324. The minimum Gasteiger partial charge on any atom is -0.481 e. The fourth-order valence-electron chi connectivity index (χ4n) is 2.36. The third-order valence-corrected chi connectivity index (χ3v) is 3.28. The lowest BCUT2D eigenvalue weighted by Crippen LogP contribution is -2.53. The molecule has 1 N–H and O–H groups in total. The molecule has 1 aliphatic heterocycles. The van der Waals surface area contributed by atoms with Crippen LogP contribution in [0.4, 0.5) is 0 Å². The van der Waals surface area contributed by atoms with Crippen LogP contribution in [-0.4, -0.2) is 33.8 Å². The highest BCUT2D eigenvalue weighted by atomic mass is 16.4. The molecule has 1 fully saturated rings. The van der Waals surface area contributed by atoms with Crippen LogP contribution in [0.3, 0.4) is 0 Å². The normalized spacial score (nSPS) is 21.3. The van der Waals surface area contributed by atoms with E-state index in [-0.39, 0.29) is 29.6 Å². The highest BCUT2D eigenvalue weighted by molar-refractivity contribution is 5.99. The van der Waals surface area contributed by atoms with Crippen LogP contribution < -0.4 is 0 Å². The van der Waals surface area contributed by atoms with Crippen LogP contribution in [0.25, 0.3) is 0 Å². The number of nitrogens with zero attached hydrogens (tertiary/aromatic N) is 1. The van der Waals surface area contributed by atoms with Gasteiger partial charge in [0.2, 0.25) is 11.8 Å². The van der Waals surface area contributed by atoms with Gasteiger partial charge in [-0.2, -0.15) is 0 Å². The van der Waals surface area contributed by atoms with Crippen molar-refractivity contribution in [3.05, 3.63) is 0 Å². The van der Waals surface area contributed by atoms with Gasteiger partial charge in [0.25, 0.3) is 0 Å². The Bertz CT molecular complexity index is 353. The molecule has 1 atom stereocenters. The van der Waals surface area contributed by atoms with E-state index >= 15 is 0 Å². The van der Waals surface area contributed by atoms with E-state index in [0.717, 1.165) is 0 Å². The lowest BCUT2D eigenvalue weighted by molar-refractivity contribution is -0.158. The molecular weight excluding hydrogens is 234 g/mol. The van der Waals surface area contributed by atoms with Crippen LogP contribution in [0.2, 0.25) is 0 Å². The minimum atomic E-state index is -0.987. The van der Waals surface area contributed by atoms with E-state index in [0.29, 0.717) is 12.8 Å². The molecule has 0 bridgehead atoms. The summed E-state index contributed by atoms with van der Waals surface area (Å²) in [5, 5.41) is 8.89. The summed E-state index contributed by atoms with van der Waals surface area (Å²) >= 11 is 0. The topological polar surface area (TPSA) is 74.7 Å². The van der Waals surface area contributed by atoms with E-state index in [9.17, 15) is 14.4 Å². The maximum Gasteiger partial charge on any atom is 0.305 e. The lowest BCUT2D eigenvalue weighted by Gasteiger charge is -2.40. The van der Waals surface area contributed by atoms with Gasteiger partial charge in [0.15, 0.2) is 0 Å². The zero-order chi connectivity index (χ0) is 14.1. The number of hydrogen-bond donors (Lipinski definition) is 1. The quantitative estimate of drug-likeness (QED) is 0.775. The van der Waals surface area contributed by atoms with E-state index in [1.165, 1.54) is 4.90 Å². The van der Waals surface area contributed by atoms with E-state index in [1.54, 1.807) is 0 Å². The number of carbonyl (C=O) groups is 3. The van der Waals surface area contributed by atoms with Crippen molar-refractivity contribution in [3.63, 3.8) is 0 Å². The summed E-state index contributed by atoms with van der Waals surface area (Å²) < 4.78 is 0. The van der Waals surface area contributed by atoms with Gasteiger partial charge in [0.05, 0.1) is 12.5 Å². The van der Waals surface area contributed by atoms with Crippen molar-refractivity contribution in [1.82, 2.24) is 4.90 Å². The molecule has 1 heterocycles. The van der Waals surface area contributed by atoms with Gasteiger partial charge in [-0.3, -0.25) is 19.3 Å². The Morgan fingerprint density at radius 1 is 1.28 bits per heavy atom. The number of piperidine rings is 1. The van der Waals surface area contributed by atoms with E-state index < -0.39 is 12.0 Å². The molecule has 5 heteroatoms. The molecule has 102 valence electrons. The van der Waals surface area contributed by atoms with Crippen molar-refractivity contribution in [2.75, 3.05) is 0 Å². The first-order valence-corrected chi connectivity index (χ1v) is 6.21. The fraction of sp³-hybridized carbons (Fsp3) is 0.769. The number of imide groups is 1. The van der Waals surface area contributed by atoms with Gasteiger partial charge in [-0.1, -0.05) is 27.7 Å². The highest BCUT2D eigenvalue weighted by Gasteiger charge is 2.41. The first kappa shape index (κ1) is 14.7. The average Bonchev–Trinajstić information content (AvgIpc) is 2.11. The van der Waals surface area contributed by atoms with Crippen LogP contribution >= 0.6 is 0 Å². The molecule has 18 heavy (non-hydrogen) atoms. The molecular formula is C13H21NO4. The number of aliphatic carboxylic acids is 1. The Balaban J connectivity index is 2.95. The highest BCUT2D eigenvalue weighted by Crippen LogP contribution is 2.34. The van der Waals surface area contributed by atoms with Gasteiger partial charge in [-0.05, 0) is 11.3 Å². The van der Waals surface area contributed by atoms with Crippen molar-refractivity contribution >= 4 is 17.8 Å². The molecule has 1 aliphatic rings. The van der Waals surface area contributed by atoms with Crippen LogP contribution in [0.5, 0.6) is 0 Å². The lowest BCUT2D eigenvalue weighted by atomic mass is 9.80. The number of amides is 2. The summed E-state index contributed by atoms with van der Waals surface area (Å²) in [6.45, 7) is 7.41. The molecule has 0 saturated carbocycles. The third-order valence-electron chi connectivity index (χ3n) is 3.28. The number of carboxylic acid groups (broad SMARTS) is 1. The molecule has 0 radical (unpaired) electrons. The SMILES string of the molecule is CC(C)C(CC(=O)O)N1C(=O)CC(C)(C)CC1=O. The second-order valence-electron chi connectivity index (χ2n) is 6.08. The largest absolute Gasteiger partial charge is 0.481 e. The Hall–Kier alpha value is -1.39. The zero-order valence-corrected chi connectivity index (χ0v) is 11.4. The van der Waals surface area contributed by atoms with Crippen LogP contribution in [-0.2, 0) is 14.4 Å². The molecule has 1 rings (SSSR count). The molecule has 0 aromatic rings. The predicted molar refractivity (Wildman–Crippen MR) is 65.7 cm³/mol. The standard InChI is InChI=1S/C13H21NO4/c1-8(2)9(5-12(17)18)14-10(15)6-13(3,4)7-11(14)16/h8-9H,5-7H2,1-4H3,(H,17,18). The van der Waals surface area contributed by atoms with Gasteiger partial charge in [-0.15, -0.1) is 0 Å². The summed E-state index contributed by atoms with van der Waals surface area (Å²) in [6, 6.07) is -0.543. The van der Waals surface area contributed by atoms with Crippen molar-refractivity contribution in [2.24, 2.45) is 11.3 Å². The van der Waals surface area contributed by atoms with Crippen molar-refractivity contribution in [1.29, 1.82) is 0 Å². The summed E-state index contributed by atoms with van der Waals surface area (Å²) in [7, 11) is 0. The van der Waals surface area contributed by atoms with Gasteiger partial charge >= 0.3 is 5.97 Å². The summed E-state index contributed by atoms with van der Waals surface area (Å²) in [6.07, 6.45) is 0.402. The van der Waals surface area contributed by atoms with Crippen LogP contribution in [0.15, 0.2) is 0 Å². The molecule has 0 aromatic carbocycles. The van der Waals surface area contributed by atoms with Crippen molar-refractivity contribution < 1.29 is 19.5 Å². The smallest absolute Gasteiger partial charge is 0.305 e. The first-order valence-electron chi connectivity index (χ1n) is 6.21. The monoisotopic (exact) mass is 255 g/mol. The fourth-order valence-corrected chi connectivity index (χ4v) is 2.36. The average molecular weight is 255 g/mol. The Labute approximate surface area is 107 Å². The second-order valence-corrected chi connectivity index (χ2v) is 6.08. The zero-order valence-electron chi connectivity index (χ0n) is 11.4. The Morgan fingerprint density at radius 3 is 2.06 bits per heavy atom. The van der Waals surface area contributed by atoms with E-state index in [4.69, 9.17) is 5.11 Å². The van der Waals surface area contributed by atoms with Gasteiger partial charge in [0.1, 0.15) is 0 Å². The maximum absolute atomic E-state index is 12.1. The maximum atomic E-state index is 12.1. The number of carboxylic acids is 1. The second kappa shape index (κ2) is 5.08. The number of carbonyl (C=O) groups excluding carboxylic acids is 2. The summed E-state index contributed by atoms with van der Waals surface area (Å²) in [5.74, 6) is -1.55. The molecule has 1 unspecified atom stereocenters. The molecule has 5 nitrogen and oxygen atoms in total. The molecule has 0 aliphatic carbocycles. The van der Waals surface area contributed by atoms with Crippen LogP contribution in [0, 0.1) is 11.3 Å². The summed E-state index contributed by atoms with van der Waals surface area (Å²) in [4.78, 5) is 36.1. The third kappa shape index (κ3) is 3.31. The Kier molecular flexibility index (Phi) is 4.14. The van der Waals surface area contributed by atoms with E-state index in [2.05, 4.69) is 0 Å². The number of hydrogen-bond acceptors (Lipinski definition) is 3. The van der Waals surface area contributed by atoms with Gasteiger partial charge in [-0.25, -0.2) is 0 Å². The van der Waals surface area contributed by atoms with Crippen molar-refractivity contribution in [2.45, 2.75) is 53.0 Å². The molecule has 0 aromatic heterocycles. The number of rotatable bonds is 4. The predicted octanol–water partition coefficient (Wildman–Crippen LogP) is 1.66. The van der Waals surface area contributed by atoms with Gasteiger partial charge in [0, 0.05) is 12.8 Å². The molecule has 1 saturated heterocycles. The van der Waals surface area contributed by atoms with E-state index in [1.807, 2.05) is 27.7 Å². The van der Waals surface area contributed by atoms with Crippen LogP contribution in [0.1, 0.15) is 47.0 Å². The molecule has 0 spiro atoms. The minimum absolute atomic E-state index is 0.0600.